The third-order valence-corrected chi connectivity index (χ3v) is 5.54. The van der Waals surface area contributed by atoms with Crippen LogP contribution in [0.25, 0.3) is 0 Å². The van der Waals surface area contributed by atoms with Gasteiger partial charge >= 0.3 is 0 Å². The number of halogens is 1. The van der Waals surface area contributed by atoms with Crippen molar-refractivity contribution in [3.05, 3.63) is 0 Å². The molecule has 4 nitrogen and oxygen atoms in total. The van der Waals surface area contributed by atoms with Gasteiger partial charge in [0.2, 0.25) is 0 Å². The minimum absolute atomic E-state index is 0. The average molecular weight is 407 g/mol. The fourth-order valence-corrected chi connectivity index (χ4v) is 4.04. The SMILES string of the molecule is CCNC(=NCC1(O)CCCC1)N1CCC2(CCC2)C1.I. The summed E-state index contributed by atoms with van der Waals surface area (Å²) in [5.74, 6) is 1.02. The topological polar surface area (TPSA) is 47.9 Å². The summed E-state index contributed by atoms with van der Waals surface area (Å²) < 4.78 is 0. The number of guanidine groups is 1. The van der Waals surface area contributed by atoms with E-state index in [9.17, 15) is 5.11 Å². The summed E-state index contributed by atoms with van der Waals surface area (Å²) in [7, 11) is 0. The molecule has 0 aromatic carbocycles. The first-order chi connectivity index (χ1) is 9.65. The van der Waals surface area contributed by atoms with Crippen LogP contribution in [-0.4, -0.2) is 47.7 Å². The zero-order valence-electron chi connectivity index (χ0n) is 13.2. The Bertz CT molecular complexity index is 376. The Morgan fingerprint density at radius 2 is 1.86 bits per heavy atom. The third-order valence-electron chi connectivity index (χ3n) is 5.54. The number of rotatable bonds is 3. The van der Waals surface area contributed by atoms with Crippen LogP contribution in [-0.2, 0) is 0 Å². The van der Waals surface area contributed by atoms with Crippen molar-refractivity contribution < 1.29 is 5.11 Å². The van der Waals surface area contributed by atoms with Crippen LogP contribution in [0.5, 0.6) is 0 Å². The Labute approximate surface area is 145 Å². The number of aliphatic imine (C=N–C) groups is 1. The maximum absolute atomic E-state index is 10.5. The highest BCUT2D eigenvalue weighted by Crippen LogP contribution is 2.47. The van der Waals surface area contributed by atoms with Crippen LogP contribution in [0.15, 0.2) is 4.99 Å². The number of hydrogen-bond acceptors (Lipinski definition) is 2. The third kappa shape index (κ3) is 3.84. The van der Waals surface area contributed by atoms with Crippen LogP contribution in [0.3, 0.4) is 0 Å². The number of aliphatic hydroxyl groups is 1. The van der Waals surface area contributed by atoms with Gasteiger partial charge in [-0.3, -0.25) is 4.99 Å². The Morgan fingerprint density at radius 3 is 2.38 bits per heavy atom. The molecule has 0 bridgehead atoms. The van der Waals surface area contributed by atoms with Gasteiger partial charge in [-0.2, -0.15) is 0 Å². The lowest BCUT2D eigenvalue weighted by molar-refractivity contribution is 0.0571. The maximum Gasteiger partial charge on any atom is 0.194 e. The molecule has 0 amide bonds. The molecule has 2 N–H and O–H groups in total. The molecule has 1 aliphatic heterocycles. The normalized spacial score (nSPS) is 26.6. The first-order valence-electron chi connectivity index (χ1n) is 8.41. The largest absolute Gasteiger partial charge is 0.388 e. The number of likely N-dealkylation sites (tertiary alicyclic amines) is 1. The molecule has 2 saturated carbocycles. The molecule has 1 heterocycles. The van der Waals surface area contributed by atoms with Crippen LogP contribution >= 0.6 is 24.0 Å². The second-order valence-electron chi connectivity index (χ2n) is 7.13. The van der Waals surface area contributed by atoms with Crippen molar-refractivity contribution in [2.45, 2.75) is 63.9 Å². The standard InChI is InChI=1S/C16H29N3O.HI/c1-2-17-14(18-12-16(20)8-3-4-9-16)19-11-10-15(13-19)6-5-7-15;/h20H,2-13H2,1H3,(H,17,18);1H. The smallest absolute Gasteiger partial charge is 0.194 e. The highest BCUT2D eigenvalue weighted by atomic mass is 127. The van der Waals surface area contributed by atoms with Gasteiger partial charge in [0.1, 0.15) is 0 Å². The summed E-state index contributed by atoms with van der Waals surface area (Å²) in [4.78, 5) is 7.17. The van der Waals surface area contributed by atoms with Gasteiger partial charge in [0.25, 0.3) is 0 Å². The van der Waals surface area contributed by atoms with Gasteiger partial charge in [0, 0.05) is 19.6 Å². The van der Waals surface area contributed by atoms with E-state index in [1.165, 1.54) is 25.7 Å². The maximum atomic E-state index is 10.5. The second-order valence-corrected chi connectivity index (χ2v) is 7.13. The van der Waals surface area contributed by atoms with E-state index in [0.717, 1.165) is 51.3 Å². The van der Waals surface area contributed by atoms with E-state index in [0.29, 0.717) is 12.0 Å². The fraction of sp³-hybridized carbons (Fsp3) is 0.938. The van der Waals surface area contributed by atoms with Gasteiger partial charge in [-0.1, -0.05) is 19.3 Å². The first kappa shape index (κ1) is 17.3. The van der Waals surface area contributed by atoms with Gasteiger partial charge in [-0.15, -0.1) is 24.0 Å². The fourth-order valence-electron chi connectivity index (χ4n) is 4.04. The zero-order valence-corrected chi connectivity index (χ0v) is 15.6. The summed E-state index contributed by atoms with van der Waals surface area (Å²) in [5.41, 5.74) is 0.0645. The van der Waals surface area contributed by atoms with Gasteiger partial charge in [-0.05, 0) is 44.4 Å². The molecule has 3 aliphatic rings. The van der Waals surface area contributed by atoms with E-state index in [-0.39, 0.29) is 24.0 Å². The lowest BCUT2D eigenvalue weighted by Crippen LogP contribution is -2.43. The molecule has 3 fully saturated rings. The monoisotopic (exact) mass is 407 g/mol. The summed E-state index contributed by atoms with van der Waals surface area (Å²) in [6.45, 7) is 5.89. The van der Waals surface area contributed by atoms with Crippen molar-refractivity contribution in [3.63, 3.8) is 0 Å². The van der Waals surface area contributed by atoms with Crippen LogP contribution in [0.4, 0.5) is 0 Å². The second kappa shape index (κ2) is 7.02. The van der Waals surface area contributed by atoms with Gasteiger partial charge in [0.15, 0.2) is 5.96 Å². The van der Waals surface area contributed by atoms with Gasteiger partial charge < -0.3 is 15.3 Å². The van der Waals surface area contributed by atoms with Crippen LogP contribution < -0.4 is 5.32 Å². The molecule has 0 aromatic heterocycles. The molecule has 1 spiro atoms. The van der Waals surface area contributed by atoms with E-state index in [1.54, 1.807) is 0 Å². The molecule has 0 radical (unpaired) electrons. The lowest BCUT2D eigenvalue weighted by atomic mass is 9.68. The van der Waals surface area contributed by atoms with Crippen molar-refractivity contribution in [3.8, 4) is 0 Å². The first-order valence-corrected chi connectivity index (χ1v) is 8.41. The zero-order chi connectivity index (χ0) is 14.1. The Balaban J connectivity index is 0.00000161. The van der Waals surface area contributed by atoms with E-state index >= 15 is 0 Å². The molecule has 5 heteroatoms. The molecule has 0 atom stereocenters. The van der Waals surface area contributed by atoms with E-state index in [4.69, 9.17) is 4.99 Å². The predicted octanol–water partition coefficient (Wildman–Crippen LogP) is 2.75. The molecule has 2 aliphatic carbocycles. The molecule has 0 unspecified atom stereocenters. The van der Waals surface area contributed by atoms with E-state index < -0.39 is 5.60 Å². The van der Waals surface area contributed by atoms with Crippen molar-refractivity contribution >= 4 is 29.9 Å². The summed E-state index contributed by atoms with van der Waals surface area (Å²) >= 11 is 0. The Morgan fingerprint density at radius 1 is 1.14 bits per heavy atom. The Kier molecular flexibility index (Phi) is 5.79. The molecular weight excluding hydrogens is 377 g/mol. The van der Waals surface area contributed by atoms with Crippen LogP contribution in [0.1, 0.15) is 58.3 Å². The highest BCUT2D eigenvalue weighted by molar-refractivity contribution is 14.0. The van der Waals surface area contributed by atoms with Crippen molar-refractivity contribution in [1.82, 2.24) is 10.2 Å². The molecule has 0 aromatic rings. The van der Waals surface area contributed by atoms with Crippen LogP contribution in [0.2, 0.25) is 0 Å². The molecule has 21 heavy (non-hydrogen) atoms. The summed E-state index contributed by atoms with van der Waals surface area (Å²) in [5, 5.41) is 13.9. The van der Waals surface area contributed by atoms with E-state index in [2.05, 4.69) is 17.1 Å². The van der Waals surface area contributed by atoms with Crippen molar-refractivity contribution in [2.75, 3.05) is 26.2 Å². The molecule has 1 saturated heterocycles. The van der Waals surface area contributed by atoms with Crippen molar-refractivity contribution in [2.24, 2.45) is 10.4 Å². The van der Waals surface area contributed by atoms with Gasteiger partial charge in [-0.25, -0.2) is 0 Å². The Hall–Kier alpha value is -0.0400. The predicted molar refractivity (Wildman–Crippen MR) is 97.3 cm³/mol. The van der Waals surface area contributed by atoms with Crippen molar-refractivity contribution in [1.29, 1.82) is 0 Å². The minimum Gasteiger partial charge on any atom is -0.388 e. The van der Waals surface area contributed by atoms with E-state index in [1.807, 2.05) is 0 Å². The minimum atomic E-state index is -0.533. The number of nitrogens with zero attached hydrogens (tertiary/aromatic N) is 2. The van der Waals surface area contributed by atoms with Gasteiger partial charge in [0.05, 0.1) is 12.1 Å². The summed E-state index contributed by atoms with van der Waals surface area (Å²) in [6, 6.07) is 0. The number of nitrogens with one attached hydrogen (secondary N) is 1. The highest BCUT2D eigenvalue weighted by Gasteiger charge is 2.43. The molecular formula is C16H30IN3O. The average Bonchev–Trinajstić information content (AvgIpc) is 3.01. The summed E-state index contributed by atoms with van der Waals surface area (Å²) in [6.07, 6.45) is 9.65. The van der Waals surface area contributed by atoms with Crippen LogP contribution in [0, 0.1) is 5.41 Å². The quantitative estimate of drug-likeness (QED) is 0.430. The lowest BCUT2D eigenvalue weighted by Gasteiger charge is -2.38. The number of hydrogen-bond donors (Lipinski definition) is 2. The molecule has 3 rings (SSSR count). The molecule has 122 valence electrons.